The number of esters is 1. The van der Waals surface area contributed by atoms with Crippen LogP contribution in [0.25, 0.3) is 0 Å². The third-order valence-corrected chi connectivity index (χ3v) is 13.4. The van der Waals surface area contributed by atoms with Crippen molar-refractivity contribution in [3.05, 3.63) is 23.8 Å². The average Bonchev–Trinajstić information content (AvgIpc) is 2.96. The van der Waals surface area contributed by atoms with Gasteiger partial charge in [0, 0.05) is 18.3 Å². The number of allylic oxidation sites excluding steroid dienone is 4. The van der Waals surface area contributed by atoms with Gasteiger partial charge >= 0.3 is 5.97 Å². The summed E-state index contributed by atoms with van der Waals surface area (Å²) in [5.74, 6) is -0.477. The maximum absolute atomic E-state index is 17.5. The molecule has 3 saturated carbocycles. The predicted octanol–water partition coefficient (Wildman–Crippen LogP) is 6.00. The quantitative estimate of drug-likeness (QED) is 0.285. The van der Waals surface area contributed by atoms with Gasteiger partial charge < -0.3 is 4.74 Å². The first-order valence-electron chi connectivity index (χ1n) is 10.7. The lowest BCUT2D eigenvalue weighted by Crippen LogP contribution is -2.68. The molecule has 0 aromatic heterocycles. The zero-order valence-electron chi connectivity index (χ0n) is 18.3. The largest absolute Gasteiger partial charge is 0.459 e. The number of alkyl halides is 1. The SMILES string of the molecule is CSS[C@]1(SC)CC[C@H]2[C@@H]3CCC4=CC(=O)C=C[C@]4(C)[C@@]3(F)[C@@H](OC(C)=O)C[C@@]21C. The van der Waals surface area contributed by atoms with Gasteiger partial charge in [-0.25, -0.2) is 4.39 Å². The fourth-order valence-electron chi connectivity index (χ4n) is 7.09. The summed E-state index contributed by atoms with van der Waals surface area (Å²) in [6.45, 7) is 5.58. The van der Waals surface area contributed by atoms with Crippen molar-refractivity contribution in [2.24, 2.45) is 22.7 Å². The van der Waals surface area contributed by atoms with Crippen molar-refractivity contribution in [1.29, 1.82) is 0 Å². The summed E-state index contributed by atoms with van der Waals surface area (Å²) in [5.41, 5.74) is -1.90. The zero-order valence-corrected chi connectivity index (χ0v) is 20.8. The number of carbonyl (C=O) groups excluding carboxylic acids is 2. The van der Waals surface area contributed by atoms with E-state index < -0.39 is 23.2 Å². The first-order chi connectivity index (χ1) is 14.1. The minimum atomic E-state index is -1.71. The smallest absolute Gasteiger partial charge is 0.303 e. The number of ether oxygens (including phenoxy) is 1. The minimum Gasteiger partial charge on any atom is -0.459 e. The highest BCUT2D eigenvalue weighted by Gasteiger charge is 2.74. The van der Waals surface area contributed by atoms with Gasteiger partial charge in [0.1, 0.15) is 6.10 Å². The van der Waals surface area contributed by atoms with Gasteiger partial charge in [-0.2, -0.15) is 0 Å². The third kappa shape index (κ3) is 2.86. The van der Waals surface area contributed by atoms with Crippen LogP contribution in [0.3, 0.4) is 0 Å². The van der Waals surface area contributed by atoms with Crippen LogP contribution >= 0.6 is 33.3 Å². The van der Waals surface area contributed by atoms with Gasteiger partial charge in [-0.15, -0.1) is 11.8 Å². The van der Waals surface area contributed by atoms with E-state index in [9.17, 15) is 9.59 Å². The van der Waals surface area contributed by atoms with Crippen molar-refractivity contribution < 1.29 is 18.7 Å². The number of rotatable bonds is 4. The minimum absolute atomic E-state index is 0.0216. The molecular formula is C23H31FO3S3. The maximum atomic E-state index is 17.5. The second kappa shape index (κ2) is 7.58. The van der Waals surface area contributed by atoms with E-state index in [1.165, 1.54) is 13.0 Å². The highest BCUT2D eigenvalue weighted by atomic mass is 33.1. The normalized spacial score (nSPS) is 47.2. The van der Waals surface area contributed by atoms with Gasteiger partial charge in [0.2, 0.25) is 0 Å². The standard InChI is InChI=1S/C23H31FO3S3/c1-14(25)27-19-13-21(3)17(9-11-22(21,28-4)30-29-5)18-7-6-15-12-16(26)8-10-20(15,2)23(18,19)24/h8,10,12,17-19H,6-7,9,11,13H2,1-5H3/t17-,18-,19-,20-,21-,22+,23-/m0/s1. The Kier molecular flexibility index (Phi) is 5.76. The number of thioether (sulfide) groups is 1. The number of hydrogen-bond donors (Lipinski definition) is 0. The van der Waals surface area contributed by atoms with Crippen LogP contribution < -0.4 is 0 Å². The van der Waals surface area contributed by atoms with Gasteiger partial charge in [0.15, 0.2) is 11.5 Å². The van der Waals surface area contributed by atoms with Gasteiger partial charge in [-0.3, -0.25) is 9.59 Å². The molecule has 0 aromatic rings. The summed E-state index contributed by atoms with van der Waals surface area (Å²) in [6, 6.07) is 0. The molecule has 7 atom stereocenters. The van der Waals surface area contributed by atoms with E-state index in [1.54, 1.807) is 22.9 Å². The molecule has 4 aliphatic carbocycles. The number of carbonyl (C=O) groups is 2. The first kappa shape index (κ1) is 22.8. The average molecular weight is 471 g/mol. The number of fused-ring (bicyclic) bond motifs is 5. The van der Waals surface area contributed by atoms with Crippen molar-refractivity contribution in [1.82, 2.24) is 0 Å². The molecule has 4 rings (SSSR count). The fraction of sp³-hybridized carbons (Fsp3) is 0.739. The van der Waals surface area contributed by atoms with Crippen molar-refractivity contribution in [3.63, 3.8) is 0 Å². The first-order valence-corrected chi connectivity index (χ1v) is 14.4. The Morgan fingerprint density at radius 1 is 1.23 bits per heavy atom. The van der Waals surface area contributed by atoms with Gasteiger partial charge in [-0.1, -0.05) is 40.2 Å². The summed E-state index contributed by atoms with van der Waals surface area (Å²) < 4.78 is 23.3. The molecule has 0 heterocycles. The van der Waals surface area contributed by atoms with Crippen LogP contribution in [0.1, 0.15) is 52.9 Å². The summed E-state index contributed by atoms with van der Waals surface area (Å²) in [7, 11) is 3.67. The summed E-state index contributed by atoms with van der Waals surface area (Å²) >= 11 is 1.88. The Morgan fingerprint density at radius 3 is 2.60 bits per heavy atom. The van der Waals surface area contributed by atoms with Crippen molar-refractivity contribution in [3.8, 4) is 0 Å². The molecule has 166 valence electrons. The Hall–Kier alpha value is -0.400. The molecule has 3 fully saturated rings. The van der Waals surface area contributed by atoms with Crippen LogP contribution in [-0.4, -0.2) is 40.1 Å². The zero-order chi connectivity index (χ0) is 21.9. The number of ketones is 1. The van der Waals surface area contributed by atoms with Crippen LogP contribution in [0, 0.1) is 22.7 Å². The predicted molar refractivity (Wildman–Crippen MR) is 125 cm³/mol. The summed E-state index contributed by atoms with van der Waals surface area (Å²) in [5, 5.41) is 0. The molecule has 0 aliphatic heterocycles. The molecule has 30 heavy (non-hydrogen) atoms. The molecule has 7 heteroatoms. The van der Waals surface area contributed by atoms with Crippen molar-refractivity contribution in [2.75, 3.05) is 12.5 Å². The Balaban J connectivity index is 1.85. The van der Waals surface area contributed by atoms with Crippen LogP contribution in [0.5, 0.6) is 0 Å². The lowest BCUT2D eigenvalue weighted by atomic mass is 9.46. The van der Waals surface area contributed by atoms with E-state index in [4.69, 9.17) is 4.74 Å². The highest BCUT2D eigenvalue weighted by Crippen LogP contribution is 2.74. The Morgan fingerprint density at radius 2 is 1.97 bits per heavy atom. The molecule has 3 nitrogen and oxygen atoms in total. The maximum Gasteiger partial charge on any atom is 0.303 e. The summed E-state index contributed by atoms with van der Waals surface area (Å²) in [6.07, 6.45) is 12.3. The van der Waals surface area contributed by atoms with E-state index in [-0.39, 0.29) is 27.1 Å². The van der Waals surface area contributed by atoms with Crippen LogP contribution in [-0.2, 0) is 14.3 Å². The van der Waals surface area contributed by atoms with Gasteiger partial charge in [0.25, 0.3) is 0 Å². The summed E-state index contributed by atoms with van der Waals surface area (Å²) in [4.78, 5) is 24.1. The molecule has 0 saturated heterocycles. The van der Waals surface area contributed by atoms with Gasteiger partial charge in [-0.05, 0) is 75.0 Å². The molecule has 0 unspecified atom stereocenters. The lowest BCUT2D eigenvalue weighted by molar-refractivity contribution is -0.209. The topological polar surface area (TPSA) is 43.4 Å². The molecule has 4 aliphatic rings. The van der Waals surface area contributed by atoms with E-state index in [2.05, 4.69) is 19.4 Å². The molecule has 0 amide bonds. The fourth-order valence-corrected chi connectivity index (χ4v) is 12.1. The molecule has 0 spiro atoms. The number of hydrogen-bond acceptors (Lipinski definition) is 6. The van der Waals surface area contributed by atoms with E-state index in [1.807, 2.05) is 29.5 Å². The van der Waals surface area contributed by atoms with Crippen molar-refractivity contribution in [2.45, 2.75) is 68.7 Å². The van der Waals surface area contributed by atoms with E-state index in [0.29, 0.717) is 12.8 Å². The third-order valence-electron chi connectivity index (χ3n) is 8.52. The Bertz CT molecular complexity index is 829. The molecule has 0 bridgehead atoms. The Labute approximate surface area is 191 Å². The molecule has 0 radical (unpaired) electrons. The lowest BCUT2D eigenvalue weighted by Gasteiger charge is -2.63. The molecule has 0 N–H and O–H groups in total. The second-order valence-corrected chi connectivity index (χ2v) is 13.7. The number of halogens is 1. The molecule has 0 aromatic carbocycles. The monoisotopic (exact) mass is 470 g/mol. The van der Waals surface area contributed by atoms with Crippen LogP contribution in [0.2, 0.25) is 0 Å². The van der Waals surface area contributed by atoms with Gasteiger partial charge in [0.05, 0.1) is 4.08 Å². The van der Waals surface area contributed by atoms with Crippen LogP contribution in [0.4, 0.5) is 4.39 Å². The van der Waals surface area contributed by atoms with Crippen molar-refractivity contribution >= 4 is 45.1 Å². The van der Waals surface area contributed by atoms with E-state index in [0.717, 1.165) is 24.8 Å². The van der Waals surface area contributed by atoms with Crippen LogP contribution in [0.15, 0.2) is 23.8 Å². The van der Waals surface area contributed by atoms with E-state index >= 15 is 4.39 Å². The highest BCUT2D eigenvalue weighted by molar-refractivity contribution is 8.78. The molecular weight excluding hydrogens is 439 g/mol. The second-order valence-electron chi connectivity index (χ2n) is 9.59.